The molecule has 1 aromatic carbocycles. The van der Waals surface area contributed by atoms with Gasteiger partial charge in [-0.3, -0.25) is 0 Å². The van der Waals surface area contributed by atoms with Crippen molar-refractivity contribution >= 4 is 11.0 Å². The minimum Gasteiger partial charge on any atom is -0.503 e. The summed E-state index contributed by atoms with van der Waals surface area (Å²) in [5.41, 5.74) is -0.597. The first-order valence-corrected chi connectivity index (χ1v) is 6.53. The molecule has 0 fully saturated rings. The molecule has 2 N–H and O–H groups in total. The number of ether oxygens (including phenoxy) is 2. The van der Waals surface area contributed by atoms with Crippen LogP contribution in [0.3, 0.4) is 0 Å². The van der Waals surface area contributed by atoms with Crippen molar-refractivity contribution in [3.05, 3.63) is 41.0 Å². The topological polar surface area (TPSA) is 89.1 Å². The monoisotopic (exact) mass is 292 g/mol. The second-order valence-corrected chi connectivity index (χ2v) is 4.17. The van der Waals surface area contributed by atoms with E-state index in [1.165, 1.54) is 12.3 Å². The summed E-state index contributed by atoms with van der Waals surface area (Å²) in [6, 6.07) is 4.76. The van der Waals surface area contributed by atoms with Crippen LogP contribution in [-0.4, -0.2) is 23.4 Å². The highest BCUT2D eigenvalue weighted by molar-refractivity contribution is 5.91. The van der Waals surface area contributed by atoms with Crippen molar-refractivity contribution < 1.29 is 24.1 Å². The highest BCUT2D eigenvalue weighted by Crippen LogP contribution is 2.37. The molecule has 0 bridgehead atoms. The Morgan fingerprint density at radius 2 is 2.19 bits per heavy atom. The van der Waals surface area contributed by atoms with Gasteiger partial charge in [0.05, 0.1) is 12.9 Å². The number of aliphatic hydroxyl groups excluding tert-OH is 1. The van der Waals surface area contributed by atoms with Crippen LogP contribution in [0.4, 0.5) is 0 Å². The normalized spacial score (nSPS) is 11.1. The Bertz CT molecular complexity index is 701. The van der Waals surface area contributed by atoms with Crippen LogP contribution in [0.2, 0.25) is 0 Å². The average Bonchev–Trinajstić information content (AvgIpc) is 2.48. The van der Waals surface area contributed by atoms with Crippen LogP contribution in [0.25, 0.3) is 11.0 Å². The van der Waals surface area contributed by atoms with Crippen molar-refractivity contribution in [3.63, 3.8) is 0 Å². The zero-order valence-electron chi connectivity index (χ0n) is 11.5. The third-order valence-electron chi connectivity index (χ3n) is 2.69. The van der Waals surface area contributed by atoms with E-state index in [2.05, 4.69) is 0 Å². The van der Waals surface area contributed by atoms with E-state index in [-0.39, 0.29) is 35.7 Å². The van der Waals surface area contributed by atoms with Gasteiger partial charge in [0.2, 0.25) is 0 Å². The van der Waals surface area contributed by atoms with E-state index in [1.54, 1.807) is 18.2 Å². The van der Waals surface area contributed by atoms with E-state index in [9.17, 15) is 9.90 Å². The van der Waals surface area contributed by atoms with E-state index in [0.29, 0.717) is 5.75 Å². The summed E-state index contributed by atoms with van der Waals surface area (Å²) in [7, 11) is 0. The van der Waals surface area contributed by atoms with Crippen LogP contribution in [0.5, 0.6) is 17.2 Å². The van der Waals surface area contributed by atoms with Crippen LogP contribution < -0.4 is 15.1 Å². The molecule has 21 heavy (non-hydrogen) atoms. The molecule has 6 heteroatoms. The molecule has 1 aromatic heterocycles. The molecule has 0 amide bonds. The van der Waals surface area contributed by atoms with E-state index in [0.717, 1.165) is 6.42 Å². The first kappa shape index (κ1) is 14.9. The fourth-order valence-corrected chi connectivity index (χ4v) is 1.78. The zero-order chi connectivity index (χ0) is 15.2. The Hall–Kier alpha value is -2.47. The smallest absolute Gasteiger partial charge is 0.383 e. The van der Waals surface area contributed by atoms with Gasteiger partial charge in [0.15, 0.2) is 5.75 Å². The fourth-order valence-electron chi connectivity index (χ4n) is 1.78. The molecule has 2 rings (SSSR count). The van der Waals surface area contributed by atoms with Gasteiger partial charge in [-0.15, -0.1) is 0 Å². The number of hydrogen-bond acceptors (Lipinski definition) is 6. The SMILES string of the molecule is CC/C=C/Oc1c(O)c2c(OCCO)cccc2oc1=O. The lowest BCUT2D eigenvalue weighted by Gasteiger charge is -2.10. The Morgan fingerprint density at radius 1 is 1.38 bits per heavy atom. The lowest BCUT2D eigenvalue weighted by atomic mass is 10.2. The van der Waals surface area contributed by atoms with Crippen LogP contribution >= 0.6 is 0 Å². The Kier molecular flexibility index (Phi) is 4.84. The number of aliphatic hydroxyl groups is 1. The summed E-state index contributed by atoms with van der Waals surface area (Å²) in [6.07, 6.45) is 3.73. The van der Waals surface area contributed by atoms with Crippen LogP contribution in [0, 0.1) is 0 Å². The molecular weight excluding hydrogens is 276 g/mol. The molecule has 0 aliphatic heterocycles. The Balaban J connectivity index is 2.56. The maximum absolute atomic E-state index is 11.8. The second-order valence-electron chi connectivity index (χ2n) is 4.17. The van der Waals surface area contributed by atoms with Crippen LogP contribution in [0.15, 0.2) is 39.7 Å². The van der Waals surface area contributed by atoms with E-state index in [1.807, 2.05) is 6.92 Å². The third-order valence-corrected chi connectivity index (χ3v) is 2.69. The van der Waals surface area contributed by atoms with Crippen molar-refractivity contribution in [2.45, 2.75) is 13.3 Å². The molecule has 0 atom stereocenters. The van der Waals surface area contributed by atoms with Crippen molar-refractivity contribution in [1.82, 2.24) is 0 Å². The highest BCUT2D eigenvalue weighted by Gasteiger charge is 2.18. The number of hydrogen-bond donors (Lipinski definition) is 2. The van der Waals surface area contributed by atoms with Crippen LogP contribution in [-0.2, 0) is 0 Å². The first-order valence-electron chi connectivity index (χ1n) is 6.53. The largest absolute Gasteiger partial charge is 0.503 e. The number of allylic oxidation sites excluding steroid dienone is 1. The molecule has 0 spiro atoms. The van der Waals surface area contributed by atoms with Gasteiger partial charge in [0.1, 0.15) is 23.3 Å². The minimum atomic E-state index is -0.778. The molecule has 0 saturated heterocycles. The number of aromatic hydroxyl groups is 1. The van der Waals surface area contributed by atoms with Gasteiger partial charge in [0, 0.05) is 0 Å². The highest BCUT2D eigenvalue weighted by atomic mass is 16.5. The van der Waals surface area contributed by atoms with E-state index >= 15 is 0 Å². The van der Waals surface area contributed by atoms with Gasteiger partial charge in [-0.2, -0.15) is 0 Å². The minimum absolute atomic E-state index is 0.0591. The predicted octanol–water partition coefficient (Wildman–Crippen LogP) is 2.17. The van der Waals surface area contributed by atoms with Crippen molar-refractivity contribution in [1.29, 1.82) is 0 Å². The van der Waals surface area contributed by atoms with Crippen LogP contribution in [0.1, 0.15) is 13.3 Å². The quantitative estimate of drug-likeness (QED) is 0.626. The average molecular weight is 292 g/mol. The van der Waals surface area contributed by atoms with Gasteiger partial charge < -0.3 is 24.1 Å². The molecule has 0 aliphatic rings. The Labute approximate surface area is 120 Å². The number of rotatable bonds is 6. The lowest BCUT2D eigenvalue weighted by molar-refractivity contribution is 0.202. The van der Waals surface area contributed by atoms with E-state index in [4.69, 9.17) is 19.0 Å². The summed E-state index contributed by atoms with van der Waals surface area (Å²) in [4.78, 5) is 11.8. The summed E-state index contributed by atoms with van der Waals surface area (Å²) in [5.74, 6) is -0.352. The molecule has 0 unspecified atom stereocenters. The van der Waals surface area contributed by atoms with Gasteiger partial charge in [-0.1, -0.05) is 13.0 Å². The predicted molar refractivity (Wildman–Crippen MR) is 76.8 cm³/mol. The third kappa shape index (κ3) is 3.17. The molecule has 0 saturated carbocycles. The zero-order valence-corrected chi connectivity index (χ0v) is 11.5. The van der Waals surface area contributed by atoms with Crippen molar-refractivity contribution in [2.75, 3.05) is 13.2 Å². The lowest BCUT2D eigenvalue weighted by Crippen LogP contribution is -2.06. The molecule has 6 nitrogen and oxygen atoms in total. The fraction of sp³-hybridized carbons (Fsp3) is 0.267. The molecule has 0 radical (unpaired) electrons. The maximum Gasteiger partial charge on any atom is 0.383 e. The number of fused-ring (bicyclic) bond motifs is 1. The van der Waals surface area contributed by atoms with Gasteiger partial charge in [0.25, 0.3) is 5.75 Å². The van der Waals surface area contributed by atoms with Crippen molar-refractivity contribution in [2.24, 2.45) is 0 Å². The maximum atomic E-state index is 11.8. The van der Waals surface area contributed by atoms with Gasteiger partial charge in [-0.05, 0) is 24.6 Å². The molecule has 1 heterocycles. The first-order chi connectivity index (χ1) is 10.2. The molecule has 0 aliphatic carbocycles. The standard InChI is InChI=1S/C15H16O6/c1-2-3-8-20-14-13(17)12-10(19-9-7-16)5-4-6-11(12)21-15(14)18/h3-6,8,16-17H,2,7,9H2,1H3/b8-3+. The molecule has 2 aromatic rings. The summed E-state index contributed by atoms with van der Waals surface area (Å²) >= 11 is 0. The van der Waals surface area contributed by atoms with Crippen molar-refractivity contribution in [3.8, 4) is 17.2 Å². The van der Waals surface area contributed by atoms with E-state index < -0.39 is 5.63 Å². The molecular formula is C15H16O6. The summed E-state index contributed by atoms with van der Waals surface area (Å²) < 4.78 is 15.6. The second kappa shape index (κ2) is 6.81. The van der Waals surface area contributed by atoms with Gasteiger partial charge in [-0.25, -0.2) is 4.79 Å². The molecule has 112 valence electrons. The Morgan fingerprint density at radius 3 is 2.90 bits per heavy atom. The number of benzene rings is 1. The van der Waals surface area contributed by atoms with Gasteiger partial charge >= 0.3 is 5.63 Å². The summed E-state index contributed by atoms with van der Waals surface area (Å²) in [5, 5.41) is 19.3. The summed E-state index contributed by atoms with van der Waals surface area (Å²) in [6.45, 7) is 1.80.